The van der Waals surface area contributed by atoms with Crippen LogP contribution in [0, 0.1) is 0 Å². The second kappa shape index (κ2) is 7.61. The number of hydrogen-bond acceptors (Lipinski definition) is 5. The molecule has 1 rings (SSSR count). The smallest absolute Gasteiger partial charge is 0.335 e. The maximum atomic E-state index is 11.7. The van der Waals surface area contributed by atoms with E-state index >= 15 is 0 Å². The molecule has 0 aliphatic carbocycles. The molecular weight excluding hydrogens is 300 g/mol. The van der Waals surface area contributed by atoms with Crippen molar-refractivity contribution in [1.29, 1.82) is 0 Å². The Bertz CT molecular complexity index is 561. The Morgan fingerprint density at radius 2 is 2.05 bits per heavy atom. The van der Waals surface area contributed by atoms with Crippen molar-refractivity contribution >= 4 is 35.1 Å². The van der Waals surface area contributed by atoms with Gasteiger partial charge in [-0.2, -0.15) is 0 Å². The van der Waals surface area contributed by atoms with Crippen LogP contribution in [0.2, 0.25) is 5.02 Å². The van der Waals surface area contributed by atoms with Crippen molar-refractivity contribution < 1.29 is 24.2 Å². The highest BCUT2D eigenvalue weighted by molar-refractivity contribution is 6.33. The van der Waals surface area contributed by atoms with Crippen LogP contribution < -0.4 is 10.6 Å². The van der Waals surface area contributed by atoms with Gasteiger partial charge in [0.25, 0.3) is 0 Å². The molecule has 21 heavy (non-hydrogen) atoms. The summed E-state index contributed by atoms with van der Waals surface area (Å²) in [6, 6.07) is 3.33. The molecule has 0 heterocycles. The Hall–Kier alpha value is -2.12. The van der Waals surface area contributed by atoms with Gasteiger partial charge in [-0.25, -0.2) is 4.79 Å². The first-order chi connectivity index (χ1) is 9.85. The monoisotopic (exact) mass is 314 g/mol. The molecule has 7 nitrogen and oxygen atoms in total. The van der Waals surface area contributed by atoms with E-state index in [0.717, 1.165) is 0 Å². The predicted molar refractivity (Wildman–Crippen MR) is 76.5 cm³/mol. The number of esters is 1. The average Bonchev–Trinajstić information content (AvgIpc) is 2.45. The molecule has 1 unspecified atom stereocenters. The number of ether oxygens (including phenoxy) is 1. The summed E-state index contributed by atoms with van der Waals surface area (Å²) in [6.07, 6.45) is 0. The first-order valence-electron chi connectivity index (χ1n) is 5.99. The second-order valence-corrected chi connectivity index (χ2v) is 4.58. The van der Waals surface area contributed by atoms with Crippen LogP contribution in [-0.2, 0) is 14.3 Å². The van der Waals surface area contributed by atoms with Gasteiger partial charge in [0.2, 0.25) is 5.91 Å². The van der Waals surface area contributed by atoms with Crippen LogP contribution in [0.15, 0.2) is 18.2 Å². The lowest BCUT2D eigenvalue weighted by atomic mass is 10.2. The lowest BCUT2D eigenvalue weighted by Gasteiger charge is -2.12. The molecule has 1 aromatic carbocycles. The number of carboxylic acid groups (broad SMARTS) is 1. The van der Waals surface area contributed by atoms with E-state index in [1.165, 1.54) is 25.3 Å². The lowest BCUT2D eigenvalue weighted by Crippen LogP contribution is -2.39. The highest BCUT2D eigenvalue weighted by atomic mass is 35.5. The molecule has 0 aliphatic heterocycles. The van der Waals surface area contributed by atoms with Crippen molar-refractivity contribution in [2.24, 2.45) is 0 Å². The summed E-state index contributed by atoms with van der Waals surface area (Å²) in [6.45, 7) is 1.40. The van der Waals surface area contributed by atoms with Gasteiger partial charge in [0.15, 0.2) is 0 Å². The van der Waals surface area contributed by atoms with E-state index in [1.54, 1.807) is 6.92 Å². The van der Waals surface area contributed by atoms with E-state index in [0.29, 0.717) is 0 Å². The molecule has 1 atom stereocenters. The quantitative estimate of drug-likeness (QED) is 0.680. The zero-order valence-electron chi connectivity index (χ0n) is 11.5. The number of carbonyl (C=O) groups excluding carboxylic acids is 2. The molecule has 0 aliphatic rings. The molecule has 0 radical (unpaired) electrons. The summed E-state index contributed by atoms with van der Waals surface area (Å²) in [5.41, 5.74) is 0.194. The molecule has 0 saturated heterocycles. The number of amides is 1. The van der Waals surface area contributed by atoms with E-state index in [9.17, 15) is 14.4 Å². The van der Waals surface area contributed by atoms with Gasteiger partial charge in [-0.1, -0.05) is 11.6 Å². The third-order valence-electron chi connectivity index (χ3n) is 2.61. The number of rotatable bonds is 6. The Kier molecular flexibility index (Phi) is 6.13. The fraction of sp³-hybridized carbons (Fsp3) is 0.308. The standard InChI is InChI=1S/C13H15ClN2O5/c1-7(13(20)21-2)15-6-11(17)16-10-5-8(12(18)19)3-4-9(10)14/h3-5,7,15H,6H2,1-2H3,(H,16,17)(H,18,19). The van der Waals surface area contributed by atoms with Crippen molar-refractivity contribution in [2.75, 3.05) is 19.0 Å². The molecule has 1 amide bonds. The number of hydrogen-bond donors (Lipinski definition) is 3. The maximum absolute atomic E-state index is 11.7. The summed E-state index contributed by atoms with van der Waals surface area (Å²) < 4.78 is 4.50. The molecule has 0 saturated carbocycles. The van der Waals surface area contributed by atoms with Crippen molar-refractivity contribution in [2.45, 2.75) is 13.0 Å². The van der Waals surface area contributed by atoms with Crippen LogP contribution >= 0.6 is 11.6 Å². The van der Waals surface area contributed by atoms with Crippen molar-refractivity contribution in [3.63, 3.8) is 0 Å². The van der Waals surface area contributed by atoms with Crippen molar-refractivity contribution in [1.82, 2.24) is 5.32 Å². The second-order valence-electron chi connectivity index (χ2n) is 4.17. The molecule has 0 fully saturated rings. The zero-order valence-corrected chi connectivity index (χ0v) is 12.2. The zero-order chi connectivity index (χ0) is 16.0. The van der Waals surface area contributed by atoms with Gasteiger partial charge >= 0.3 is 11.9 Å². The fourth-order valence-corrected chi connectivity index (χ4v) is 1.62. The summed E-state index contributed by atoms with van der Waals surface area (Å²) in [5, 5.41) is 14.2. The Morgan fingerprint density at radius 3 is 2.62 bits per heavy atom. The minimum atomic E-state index is -1.13. The number of carbonyl (C=O) groups is 3. The largest absolute Gasteiger partial charge is 0.478 e. The maximum Gasteiger partial charge on any atom is 0.335 e. The Labute approximate surface area is 126 Å². The van der Waals surface area contributed by atoms with E-state index in [4.69, 9.17) is 16.7 Å². The van der Waals surface area contributed by atoms with E-state index in [-0.39, 0.29) is 22.8 Å². The number of nitrogens with one attached hydrogen (secondary N) is 2. The highest BCUT2D eigenvalue weighted by Crippen LogP contribution is 2.22. The van der Waals surface area contributed by atoms with Crippen LogP contribution in [0.4, 0.5) is 5.69 Å². The molecule has 0 bridgehead atoms. The summed E-state index contributed by atoms with van der Waals surface area (Å²) >= 11 is 5.88. The Morgan fingerprint density at radius 1 is 1.38 bits per heavy atom. The first kappa shape index (κ1) is 16.9. The number of halogens is 1. The number of carboxylic acids is 1. The summed E-state index contributed by atoms with van der Waals surface area (Å²) in [5.74, 6) is -2.08. The van der Waals surface area contributed by atoms with Gasteiger partial charge in [-0.15, -0.1) is 0 Å². The molecule has 8 heteroatoms. The SMILES string of the molecule is COC(=O)C(C)NCC(=O)Nc1cc(C(=O)O)ccc1Cl. The predicted octanol–water partition coefficient (Wildman–Crippen LogP) is 1.13. The van der Waals surface area contributed by atoms with Gasteiger partial charge < -0.3 is 15.2 Å². The van der Waals surface area contributed by atoms with Crippen molar-refractivity contribution in [3.8, 4) is 0 Å². The van der Waals surface area contributed by atoms with Crippen LogP contribution in [0.1, 0.15) is 17.3 Å². The van der Waals surface area contributed by atoms with Gasteiger partial charge in [0, 0.05) is 0 Å². The van der Waals surface area contributed by atoms with Crippen LogP contribution in [0.5, 0.6) is 0 Å². The third-order valence-corrected chi connectivity index (χ3v) is 2.94. The molecule has 1 aromatic rings. The van der Waals surface area contributed by atoms with Crippen molar-refractivity contribution in [3.05, 3.63) is 28.8 Å². The van der Waals surface area contributed by atoms with Gasteiger partial charge in [-0.3, -0.25) is 14.9 Å². The van der Waals surface area contributed by atoms with Gasteiger partial charge in [0.1, 0.15) is 6.04 Å². The number of anilines is 1. The molecule has 3 N–H and O–H groups in total. The molecule has 0 aromatic heterocycles. The summed E-state index contributed by atoms with van der Waals surface area (Å²) in [7, 11) is 1.25. The van der Waals surface area contributed by atoms with E-state index < -0.39 is 23.9 Å². The first-order valence-corrected chi connectivity index (χ1v) is 6.37. The lowest BCUT2D eigenvalue weighted by molar-refractivity contribution is -0.142. The van der Waals surface area contributed by atoms with Gasteiger partial charge in [-0.05, 0) is 25.1 Å². The minimum Gasteiger partial charge on any atom is -0.478 e. The van der Waals surface area contributed by atoms with Crippen LogP contribution in [-0.4, -0.2) is 42.6 Å². The minimum absolute atomic E-state index is 0.00517. The fourth-order valence-electron chi connectivity index (χ4n) is 1.45. The topological polar surface area (TPSA) is 105 Å². The number of benzene rings is 1. The molecule has 0 spiro atoms. The summed E-state index contributed by atoms with van der Waals surface area (Å²) in [4.78, 5) is 33.7. The van der Waals surface area contributed by atoms with Crippen LogP contribution in [0.25, 0.3) is 0 Å². The Balaban J connectivity index is 2.65. The third kappa shape index (κ3) is 5.05. The molecule has 114 valence electrons. The number of methoxy groups -OCH3 is 1. The normalized spacial score (nSPS) is 11.6. The highest BCUT2D eigenvalue weighted by Gasteiger charge is 2.15. The molecular formula is C13H15ClN2O5. The number of aromatic carboxylic acids is 1. The van der Waals surface area contributed by atoms with E-state index in [2.05, 4.69) is 15.4 Å². The van der Waals surface area contributed by atoms with E-state index in [1.807, 2.05) is 0 Å². The van der Waals surface area contributed by atoms with Crippen LogP contribution in [0.3, 0.4) is 0 Å². The average molecular weight is 315 g/mol. The van der Waals surface area contributed by atoms with Gasteiger partial charge in [0.05, 0.1) is 29.9 Å².